The highest BCUT2D eigenvalue weighted by Gasteiger charge is 2.18. The number of hydrogen-bond acceptors (Lipinski definition) is 6. The zero-order chi connectivity index (χ0) is 21.4. The van der Waals surface area contributed by atoms with Crippen molar-refractivity contribution in [2.75, 3.05) is 20.8 Å². The number of Topliss-reactive ketones (excluding diaryl/α,β-unsaturated/α-hetero) is 1. The smallest absolute Gasteiger partial charge is 0.163 e. The lowest BCUT2D eigenvalue weighted by Crippen LogP contribution is -2.08. The molecule has 0 bridgehead atoms. The average Bonchev–Trinajstić information content (AvgIpc) is 2.74. The summed E-state index contributed by atoms with van der Waals surface area (Å²) >= 11 is 2.10. The van der Waals surface area contributed by atoms with Crippen LogP contribution in [-0.2, 0) is 6.42 Å². The molecule has 0 saturated heterocycles. The summed E-state index contributed by atoms with van der Waals surface area (Å²) < 4.78 is 17.1. The van der Waals surface area contributed by atoms with Gasteiger partial charge in [0.25, 0.3) is 0 Å². The van der Waals surface area contributed by atoms with E-state index in [-0.39, 0.29) is 18.6 Å². The summed E-state index contributed by atoms with van der Waals surface area (Å²) in [5, 5.41) is 10.6. The van der Waals surface area contributed by atoms with E-state index in [1.165, 1.54) is 0 Å². The van der Waals surface area contributed by atoms with Gasteiger partial charge < -0.3 is 19.3 Å². The second kappa shape index (κ2) is 11.3. The highest BCUT2D eigenvalue weighted by atomic mass is 127. The molecule has 2 aromatic rings. The molecule has 7 heteroatoms. The Morgan fingerprint density at radius 1 is 1.17 bits per heavy atom. The number of aliphatic hydroxyl groups is 1. The number of nitrogens with zero attached hydrogens (tertiary/aromatic N) is 1. The molecule has 0 radical (unpaired) electrons. The fraction of sp³-hybridized carbons (Fsp3) is 0.455. The van der Waals surface area contributed by atoms with Crippen molar-refractivity contribution in [3.63, 3.8) is 0 Å². The van der Waals surface area contributed by atoms with Crippen molar-refractivity contribution in [2.24, 2.45) is 0 Å². The van der Waals surface area contributed by atoms with Crippen LogP contribution in [-0.4, -0.2) is 36.7 Å². The van der Waals surface area contributed by atoms with Crippen LogP contribution in [0.4, 0.5) is 0 Å². The van der Waals surface area contributed by atoms with Crippen LogP contribution < -0.4 is 14.2 Å². The number of aliphatic hydroxyl groups excluding tert-OH is 1. The van der Waals surface area contributed by atoms with Crippen LogP contribution >= 0.6 is 22.6 Å². The molecular formula is C22H28INO5. The van der Waals surface area contributed by atoms with Crippen molar-refractivity contribution < 1.29 is 24.1 Å². The topological polar surface area (TPSA) is 77.9 Å². The molecule has 1 N–H and O–H groups in total. The molecule has 1 unspecified atom stereocenters. The van der Waals surface area contributed by atoms with Crippen LogP contribution in [0.2, 0.25) is 0 Å². The monoisotopic (exact) mass is 513 g/mol. The Balaban J connectivity index is 2.07. The molecule has 1 aromatic heterocycles. The normalized spacial score (nSPS) is 11.8. The third kappa shape index (κ3) is 6.05. The summed E-state index contributed by atoms with van der Waals surface area (Å²) in [6, 6.07) is 7.01. The SMILES string of the molecule is CCCOc1ccc(C(=O)CCC(O)c2cc(CC)c(OC)c(I)n2)cc1OC. The van der Waals surface area contributed by atoms with E-state index in [0.29, 0.717) is 33.1 Å². The first-order valence-electron chi connectivity index (χ1n) is 9.70. The first-order valence-corrected chi connectivity index (χ1v) is 10.8. The van der Waals surface area contributed by atoms with Crippen LogP contribution in [0.15, 0.2) is 24.3 Å². The molecule has 6 nitrogen and oxygen atoms in total. The minimum Gasteiger partial charge on any atom is -0.494 e. The van der Waals surface area contributed by atoms with Gasteiger partial charge in [0.1, 0.15) is 3.70 Å². The molecule has 0 aliphatic carbocycles. The van der Waals surface area contributed by atoms with Gasteiger partial charge in [-0.25, -0.2) is 4.98 Å². The molecule has 0 amide bonds. The number of carbonyl (C=O) groups is 1. The fourth-order valence-corrected chi connectivity index (χ4v) is 3.80. The largest absolute Gasteiger partial charge is 0.494 e. The Hall–Kier alpha value is -1.87. The molecule has 0 aliphatic rings. The maximum absolute atomic E-state index is 12.6. The van der Waals surface area contributed by atoms with Crippen LogP contribution in [0.3, 0.4) is 0 Å². The lowest BCUT2D eigenvalue weighted by molar-refractivity contribution is 0.0937. The van der Waals surface area contributed by atoms with Gasteiger partial charge in [0.2, 0.25) is 0 Å². The Morgan fingerprint density at radius 2 is 1.93 bits per heavy atom. The first-order chi connectivity index (χ1) is 13.9. The van der Waals surface area contributed by atoms with Gasteiger partial charge in [-0.2, -0.15) is 0 Å². The minimum atomic E-state index is -0.822. The van der Waals surface area contributed by atoms with E-state index in [0.717, 1.165) is 24.2 Å². The van der Waals surface area contributed by atoms with E-state index in [9.17, 15) is 9.90 Å². The zero-order valence-electron chi connectivity index (χ0n) is 17.3. The van der Waals surface area contributed by atoms with Crippen molar-refractivity contribution in [1.29, 1.82) is 0 Å². The zero-order valence-corrected chi connectivity index (χ0v) is 19.5. The quantitative estimate of drug-likeness (QED) is 0.266. The Bertz CT molecular complexity index is 840. The van der Waals surface area contributed by atoms with E-state index in [2.05, 4.69) is 27.6 Å². The number of benzene rings is 1. The van der Waals surface area contributed by atoms with Crippen molar-refractivity contribution in [3.05, 3.63) is 44.8 Å². The number of carbonyl (C=O) groups excluding carboxylic acids is 1. The molecule has 2 rings (SSSR count). The average molecular weight is 513 g/mol. The summed E-state index contributed by atoms with van der Waals surface area (Å²) in [5.41, 5.74) is 2.07. The van der Waals surface area contributed by atoms with Crippen molar-refractivity contribution in [3.8, 4) is 17.2 Å². The molecule has 0 spiro atoms. The number of hydrogen-bond donors (Lipinski definition) is 1. The lowest BCUT2D eigenvalue weighted by atomic mass is 10.0. The fourth-order valence-electron chi connectivity index (χ4n) is 2.95. The van der Waals surface area contributed by atoms with E-state index in [1.807, 2.05) is 19.9 Å². The van der Waals surface area contributed by atoms with Crippen LogP contribution in [0.25, 0.3) is 0 Å². The molecule has 29 heavy (non-hydrogen) atoms. The third-order valence-electron chi connectivity index (χ3n) is 4.55. The maximum atomic E-state index is 12.6. The maximum Gasteiger partial charge on any atom is 0.163 e. The molecule has 0 aliphatic heterocycles. The van der Waals surface area contributed by atoms with Crippen LogP contribution in [0, 0.1) is 3.70 Å². The van der Waals surface area contributed by atoms with Gasteiger partial charge in [-0.05, 0) is 71.7 Å². The first kappa shape index (κ1) is 23.4. The number of pyridine rings is 1. The van der Waals surface area contributed by atoms with Crippen LogP contribution in [0.1, 0.15) is 60.8 Å². The van der Waals surface area contributed by atoms with E-state index in [4.69, 9.17) is 14.2 Å². The number of aromatic nitrogens is 1. The molecule has 1 aromatic carbocycles. The number of ketones is 1. The predicted molar refractivity (Wildman–Crippen MR) is 120 cm³/mol. The number of ether oxygens (including phenoxy) is 3. The van der Waals surface area contributed by atoms with Crippen molar-refractivity contribution in [2.45, 2.75) is 45.6 Å². The second-order valence-corrected chi connectivity index (χ2v) is 7.60. The second-order valence-electron chi connectivity index (χ2n) is 6.58. The molecule has 1 heterocycles. The number of methoxy groups -OCH3 is 2. The predicted octanol–water partition coefficient (Wildman–Crippen LogP) is 4.75. The summed E-state index contributed by atoms with van der Waals surface area (Å²) in [5.74, 6) is 1.82. The lowest BCUT2D eigenvalue weighted by Gasteiger charge is -2.15. The van der Waals surface area contributed by atoms with Gasteiger partial charge in [0.15, 0.2) is 23.0 Å². The van der Waals surface area contributed by atoms with E-state index in [1.54, 1.807) is 32.4 Å². The van der Waals surface area contributed by atoms with E-state index >= 15 is 0 Å². The van der Waals surface area contributed by atoms with Gasteiger partial charge in [-0.3, -0.25) is 4.79 Å². The summed E-state index contributed by atoms with van der Waals surface area (Å²) in [6.45, 7) is 4.63. The standard InChI is InChI=1S/C22H28INO5/c1-5-11-29-19-10-7-15(13-20(19)27-3)17(25)8-9-18(26)16-12-14(6-2)21(28-4)22(23)24-16/h7,10,12-13,18,26H,5-6,8-9,11H2,1-4H3. The van der Waals surface area contributed by atoms with Crippen molar-refractivity contribution >= 4 is 28.4 Å². The highest BCUT2D eigenvalue weighted by Crippen LogP contribution is 2.31. The number of rotatable bonds is 11. The number of aryl methyl sites for hydroxylation is 1. The Morgan fingerprint density at radius 3 is 2.55 bits per heavy atom. The van der Waals surface area contributed by atoms with Crippen molar-refractivity contribution in [1.82, 2.24) is 4.98 Å². The summed E-state index contributed by atoms with van der Waals surface area (Å²) in [4.78, 5) is 17.0. The molecular weight excluding hydrogens is 485 g/mol. The molecule has 1 atom stereocenters. The molecule has 0 saturated carbocycles. The van der Waals surface area contributed by atoms with Gasteiger partial charge in [0, 0.05) is 12.0 Å². The van der Waals surface area contributed by atoms with Gasteiger partial charge in [-0.1, -0.05) is 13.8 Å². The van der Waals surface area contributed by atoms with Crippen LogP contribution in [0.5, 0.6) is 17.2 Å². The Kier molecular flexibility index (Phi) is 9.16. The summed E-state index contributed by atoms with van der Waals surface area (Å²) in [6.07, 6.45) is 1.32. The summed E-state index contributed by atoms with van der Waals surface area (Å²) in [7, 11) is 3.16. The van der Waals surface area contributed by atoms with Gasteiger partial charge >= 0.3 is 0 Å². The molecule has 0 fully saturated rings. The highest BCUT2D eigenvalue weighted by molar-refractivity contribution is 14.1. The van der Waals surface area contributed by atoms with E-state index < -0.39 is 6.10 Å². The third-order valence-corrected chi connectivity index (χ3v) is 5.28. The minimum absolute atomic E-state index is 0.0664. The molecule has 158 valence electrons. The Labute approximate surface area is 185 Å². The van der Waals surface area contributed by atoms with Gasteiger partial charge in [0.05, 0.1) is 32.6 Å². The number of halogens is 1. The van der Waals surface area contributed by atoms with Gasteiger partial charge in [-0.15, -0.1) is 0 Å².